The van der Waals surface area contributed by atoms with Crippen LogP contribution in [0.1, 0.15) is 42.1 Å². The molecule has 0 bridgehead atoms. The van der Waals surface area contributed by atoms with Gasteiger partial charge in [0.2, 0.25) is 0 Å². The summed E-state index contributed by atoms with van der Waals surface area (Å²) in [7, 11) is 0. The number of nitrogens with zero attached hydrogens (tertiary/aromatic N) is 3. The van der Waals surface area contributed by atoms with Crippen molar-refractivity contribution < 1.29 is 0 Å². The molecule has 2 aromatic rings. The number of nitrogens with one attached hydrogen (secondary N) is 1. The zero-order chi connectivity index (χ0) is 13.4. The first kappa shape index (κ1) is 12.4. The summed E-state index contributed by atoms with van der Waals surface area (Å²) in [4.78, 5) is 4.63. The highest BCUT2D eigenvalue weighted by Crippen LogP contribution is 2.39. The van der Waals surface area contributed by atoms with E-state index in [0.29, 0.717) is 12.5 Å². The van der Waals surface area contributed by atoms with Crippen molar-refractivity contribution in [1.82, 2.24) is 14.6 Å². The van der Waals surface area contributed by atoms with Crippen molar-refractivity contribution in [2.24, 2.45) is 5.73 Å². The van der Waals surface area contributed by atoms with Crippen LogP contribution in [-0.2, 0) is 0 Å². The number of anilines is 1. The number of hydrogen-bond acceptors (Lipinski definition) is 4. The fraction of sp³-hybridized carbons (Fsp3) is 0.571. The van der Waals surface area contributed by atoms with Crippen molar-refractivity contribution in [3.63, 3.8) is 0 Å². The Balaban J connectivity index is 2.02. The van der Waals surface area contributed by atoms with Crippen molar-refractivity contribution in [3.8, 4) is 0 Å². The smallest absolute Gasteiger partial charge is 0.157 e. The van der Waals surface area contributed by atoms with E-state index in [1.807, 2.05) is 11.4 Å². The van der Waals surface area contributed by atoms with Gasteiger partial charge in [0, 0.05) is 29.8 Å². The van der Waals surface area contributed by atoms with Crippen LogP contribution in [-0.4, -0.2) is 27.7 Å². The first-order valence-electron chi connectivity index (χ1n) is 7.01. The number of rotatable bonds is 5. The second kappa shape index (κ2) is 4.81. The predicted octanol–water partition coefficient (Wildman–Crippen LogP) is 1.98. The average molecular weight is 259 g/mol. The number of fused-ring (bicyclic) bond motifs is 1. The van der Waals surface area contributed by atoms with E-state index >= 15 is 0 Å². The molecule has 2 aromatic heterocycles. The highest BCUT2D eigenvalue weighted by Gasteiger charge is 2.27. The molecule has 1 aliphatic rings. The molecule has 1 aliphatic carbocycles. The molecule has 1 saturated carbocycles. The van der Waals surface area contributed by atoms with Gasteiger partial charge in [0.1, 0.15) is 5.82 Å². The second-order valence-electron chi connectivity index (χ2n) is 5.35. The van der Waals surface area contributed by atoms with Crippen LogP contribution in [0, 0.1) is 13.8 Å². The predicted molar refractivity (Wildman–Crippen MR) is 76.6 cm³/mol. The monoisotopic (exact) mass is 259 g/mol. The number of hydrogen-bond donors (Lipinski definition) is 2. The molecule has 102 valence electrons. The van der Waals surface area contributed by atoms with Gasteiger partial charge in [-0.2, -0.15) is 9.61 Å². The van der Waals surface area contributed by atoms with Crippen LogP contribution in [0.5, 0.6) is 0 Å². The van der Waals surface area contributed by atoms with Crippen LogP contribution < -0.4 is 11.1 Å². The maximum atomic E-state index is 5.55. The third kappa shape index (κ3) is 2.30. The minimum absolute atomic E-state index is 0.652. The molecule has 0 aromatic carbocycles. The molecule has 0 saturated heterocycles. The first-order valence-corrected chi connectivity index (χ1v) is 7.01. The Labute approximate surface area is 113 Å². The summed E-state index contributed by atoms with van der Waals surface area (Å²) in [5.41, 5.74) is 9.90. The Morgan fingerprint density at radius 2 is 2.21 bits per heavy atom. The molecule has 2 heterocycles. The lowest BCUT2D eigenvalue weighted by molar-refractivity contribution is 0.833. The first-order chi connectivity index (χ1) is 9.20. The lowest BCUT2D eigenvalue weighted by atomic mass is 10.2. The summed E-state index contributed by atoms with van der Waals surface area (Å²) in [5.74, 6) is 1.71. The van der Waals surface area contributed by atoms with Gasteiger partial charge in [-0.1, -0.05) is 0 Å². The van der Waals surface area contributed by atoms with E-state index in [2.05, 4.69) is 23.3 Å². The SMILES string of the molecule is Cc1nc2cc(C3CC3)nn2c(NCCCN)c1C. The van der Waals surface area contributed by atoms with E-state index in [-0.39, 0.29) is 0 Å². The summed E-state index contributed by atoms with van der Waals surface area (Å²) in [6, 6.07) is 2.12. The summed E-state index contributed by atoms with van der Waals surface area (Å²) in [5, 5.41) is 8.17. The Bertz CT molecular complexity index is 597. The normalized spacial score (nSPS) is 15.1. The minimum Gasteiger partial charge on any atom is -0.370 e. The quantitative estimate of drug-likeness (QED) is 0.806. The van der Waals surface area contributed by atoms with E-state index < -0.39 is 0 Å². The molecule has 5 heteroatoms. The minimum atomic E-state index is 0.652. The standard InChI is InChI=1S/C14H21N5/c1-9-10(2)17-13-8-12(11-4-5-11)18-19(13)14(9)16-7-3-6-15/h8,11,16H,3-7,15H2,1-2H3. The van der Waals surface area contributed by atoms with E-state index in [1.165, 1.54) is 18.5 Å². The fourth-order valence-corrected chi connectivity index (χ4v) is 2.31. The van der Waals surface area contributed by atoms with Crippen molar-refractivity contribution in [3.05, 3.63) is 23.0 Å². The van der Waals surface area contributed by atoms with Gasteiger partial charge in [-0.15, -0.1) is 0 Å². The van der Waals surface area contributed by atoms with Gasteiger partial charge in [-0.3, -0.25) is 0 Å². The average Bonchev–Trinajstić information content (AvgIpc) is 3.16. The fourth-order valence-electron chi connectivity index (χ4n) is 2.31. The van der Waals surface area contributed by atoms with Gasteiger partial charge < -0.3 is 11.1 Å². The van der Waals surface area contributed by atoms with Gasteiger partial charge in [0.05, 0.1) is 5.69 Å². The number of aryl methyl sites for hydroxylation is 1. The largest absolute Gasteiger partial charge is 0.370 e. The highest BCUT2D eigenvalue weighted by molar-refractivity contribution is 5.56. The molecular weight excluding hydrogens is 238 g/mol. The zero-order valence-electron chi connectivity index (χ0n) is 11.6. The van der Waals surface area contributed by atoms with Gasteiger partial charge in [0.15, 0.2) is 5.65 Å². The molecule has 0 atom stereocenters. The molecule has 0 amide bonds. The third-order valence-corrected chi connectivity index (χ3v) is 3.77. The Kier molecular flexibility index (Phi) is 3.14. The number of nitrogens with two attached hydrogens (primary N) is 1. The van der Waals surface area contributed by atoms with Crippen LogP contribution in [0.15, 0.2) is 6.07 Å². The Hall–Kier alpha value is -1.62. The summed E-state index contributed by atoms with van der Waals surface area (Å²) >= 11 is 0. The van der Waals surface area contributed by atoms with E-state index in [9.17, 15) is 0 Å². The highest BCUT2D eigenvalue weighted by atomic mass is 15.3. The summed E-state index contributed by atoms with van der Waals surface area (Å²) in [6.45, 7) is 5.71. The van der Waals surface area contributed by atoms with Gasteiger partial charge in [-0.25, -0.2) is 4.98 Å². The zero-order valence-corrected chi connectivity index (χ0v) is 11.6. The molecule has 0 spiro atoms. The van der Waals surface area contributed by atoms with Crippen LogP contribution in [0.25, 0.3) is 5.65 Å². The van der Waals surface area contributed by atoms with Crippen molar-refractivity contribution >= 4 is 11.5 Å². The molecule has 19 heavy (non-hydrogen) atoms. The molecule has 1 fully saturated rings. The van der Waals surface area contributed by atoms with Crippen LogP contribution in [0.2, 0.25) is 0 Å². The van der Waals surface area contributed by atoms with Crippen LogP contribution in [0.4, 0.5) is 5.82 Å². The molecular formula is C14H21N5. The van der Waals surface area contributed by atoms with Gasteiger partial charge in [0.25, 0.3) is 0 Å². The number of aromatic nitrogens is 3. The molecule has 0 unspecified atom stereocenters. The summed E-state index contributed by atoms with van der Waals surface area (Å²) < 4.78 is 1.95. The third-order valence-electron chi connectivity index (χ3n) is 3.77. The molecule has 0 radical (unpaired) electrons. The maximum Gasteiger partial charge on any atom is 0.157 e. The Morgan fingerprint density at radius 3 is 2.89 bits per heavy atom. The van der Waals surface area contributed by atoms with Crippen LogP contribution >= 0.6 is 0 Å². The van der Waals surface area contributed by atoms with Crippen molar-refractivity contribution in [1.29, 1.82) is 0 Å². The second-order valence-corrected chi connectivity index (χ2v) is 5.35. The topological polar surface area (TPSA) is 68.2 Å². The lowest BCUT2D eigenvalue weighted by Crippen LogP contribution is -2.13. The lowest BCUT2D eigenvalue weighted by Gasteiger charge is -2.12. The van der Waals surface area contributed by atoms with Crippen molar-refractivity contribution in [2.45, 2.75) is 39.0 Å². The maximum absolute atomic E-state index is 5.55. The Morgan fingerprint density at radius 1 is 1.42 bits per heavy atom. The van der Waals surface area contributed by atoms with Gasteiger partial charge >= 0.3 is 0 Å². The van der Waals surface area contributed by atoms with Gasteiger partial charge in [-0.05, 0) is 39.7 Å². The van der Waals surface area contributed by atoms with Crippen LogP contribution in [0.3, 0.4) is 0 Å². The molecule has 3 rings (SSSR count). The summed E-state index contributed by atoms with van der Waals surface area (Å²) in [6.07, 6.45) is 3.48. The van der Waals surface area contributed by atoms with Crippen molar-refractivity contribution in [2.75, 3.05) is 18.4 Å². The molecule has 0 aliphatic heterocycles. The molecule has 5 nitrogen and oxygen atoms in total. The molecule has 3 N–H and O–H groups in total. The van der Waals surface area contributed by atoms with E-state index in [4.69, 9.17) is 10.8 Å². The van der Waals surface area contributed by atoms with E-state index in [1.54, 1.807) is 0 Å². The van der Waals surface area contributed by atoms with E-state index in [0.717, 1.165) is 35.7 Å².